The van der Waals surface area contributed by atoms with Crippen molar-refractivity contribution in [2.24, 2.45) is 0 Å². The Morgan fingerprint density at radius 3 is 2.94 bits per heavy atom. The number of aromatic nitrogens is 3. The third kappa shape index (κ3) is 2.53. The van der Waals surface area contributed by atoms with Crippen LogP contribution in [0.4, 0.5) is 0 Å². The van der Waals surface area contributed by atoms with Gasteiger partial charge in [0, 0.05) is 25.2 Å². The van der Waals surface area contributed by atoms with Crippen molar-refractivity contribution in [3.63, 3.8) is 0 Å². The molecule has 1 unspecified atom stereocenters. The van der Waals surface area contributed by atoms with Crippen LogP contribution >= 0.6 is 0 Å². The zero-order chi connectivity index (χ0) is 13.0. The average molecular weight is 246 g/mol. The lowest BCUT2D eigenvalue weighted by Gasteiger charge is -2.13. The Balaban J connectivity index is 2.38. The molecule has 2 heterocycles. The van der Waals surface area contributed by atoms with E-state index in [1.165, 1.54) is 0 Å². The van der Waals surface area contributed by atoms with E-state index in [4.69, 9.17) is 4.98 Å². The van der Waals surface area contributed by atoms with Crippen molar-refractivity contribution in [1.82, 2.24) is 19.9 Å². The van der Waals surface area contributed by atoms with Crippen LogP contribution in [-0.4, -0.2) is 27.6 Å². The molecule has 0 aliphatic heterocycles. The Labute approximate surface area is 108 Å². The molecular formula is C14H22N4. The van der Waals surface area contributed by atoms with Crippen LogP contribution in [0.1, 0.15) is 38.9 Å². The van der Waals surface area contributed by atoms with E-state index in [1.807, 2.05) is 18.3 Å². The van der Waals surface area contributed by atoms with Gasteiger partial charge in [0.05, 0.1) is 0 Å². The molecule has 1 atom stereocenters. The molecule has 0 aliphatic rings. The minimum Gasteiger partial charge on any atom is -0.316 e. The second-order valence-electron chi connectivity index (χ2n) is 4.68. The van der Waals surface area contributed by atoms with Crippen molar-refractivity contribution >= 4 is 11.2 Å². The van der Waals surface area contributed by atoms with E-state index in [1.54, 1.807) is 0 Å². The number of pyridine rings is 1. The lowest BCUT2D eigenvalue weighted by atomic mass is 10.1. The lowest BCUT2D eigenvalue weighted by molar-refractivity contribution is 0.561. The van der Waals surface area contributed by atoms with Crippen molar-refractivity contribution in [1.29, 1.82) is 0 Å². The van der Waals surface area contributed by atoms with E-state index in [9.17, 15) is 0 Å². The highest BCUT2D eigenvalue weighted by Gasteiger charge is 2.16. The second-order valence-corrected chi connectivity index (χ2v) is 4.68. The maximum Gasteiger partial charge on any atom is 0.159 e. The molecule has 2 aromatic rings. The largest absolute Gasteiger partial charge is 0.316 e. The Bertz CT molecular complexity index is 503. The first-order chi connectivity index (χ1) is 8.77. The Kier molecular flexibility index (Phi) is 4.31. The molecule has 1 N–H and O–H groups in total. The topological polar surface area (TPSA) is 42.7 Å². The highest BCUT2D eigenvalue weighted by Crippen LogP contribution is 2.20. The zero-order valence-corrected chi connectivity index (χ0v) is 11.5. The Hall–Kier alpha value is -1.42. The van der Waals surface area contributed by atoms with Crippen molar-refractivity contribution in [2.45, 2.75) is 39.7 Å². The molecule has 0 saturated carbocycles. The summed E-state index contributed by atoms with van der Waals surface area (Å²) in [5.74, 6) is 1.55. The molecule has 2 rings (SSSR count). The van der Waals surface area contributed by atoms with Crippen LogP contribution in [0.15, 0.2) is 18.3 Å². The molecule has 4 nitrogen and oxygen atoms in total. The second kappa shape index (κ2) is 5.96. The summed E-state index contributed by atoms with van der Waals surface area (Å²) in [7, 11) is 0. The van der Waals surface area contributed by atoms with E-state index in [0.29, 0.717) is 5.92 Å². The highest BCUT2D eigenvalue weighted by atomic mass is 15.1. The Morgan fingerprint density at radius 2 is 2.22 bits per heavy atom. The average Bonchev–Trinajstić information content (AvgIpc) is 2.76. The molecule has 4 heteroatoms. The summed E-state index contributed by atoms with van der Waals surface area (Å²) >= 11 is 0. The normalized spacial score (nSPS) is 13.1. The summed E-state index contributed by atoms with van der Waals surface area (Å²) in [6, 6.07) is 3.99. The molecular weight excluding hydrogens is 224 g/mol. The fourth-order valence-corrected chi connectivity index (χ4v) is 2.25. The number of aryl methyl sites for hydroxylation is 1. The summed E-state index contributed by atoms with van der Waals surface area (Å²) in [5, 5.41) is 3.39. The van der Waals surface area contributed by atoms with Gasteiger partial charge in [-0.1, -0.05) is 20.8 Å². The first-order valence-electron chi connectivity index (χ1n) is 6.79. The molecule has 0 fully saturated rings. The minimum atomic E-state index is 0.408. The van der Waals surface area contributed by atoms with Crippen LogP contribution < -0.4 is 5.32 Å². The molecule has 0 saturated heterocycles. The summed E-state index contributed by atoms with van der Waals surface area (Å²) in [6.07, 6.45) is 2.94. The first-order valence-corrected chi connectivity index (χ1v) is 6.79. The third-order valence-corrected chi connectivity index (χ3v) is 3.12. The maximum atomic E-state index is 4.74. The number of likely N-dealkylation sites (N-methyl/N-ethyl adjacent to an activating group) is 1. The van der Waals surface area contributed by atoms with E-state index in [-0.39, 0.29) is 0 Å². The molecule has 18 heavy (non-hydrogen) atoms. The van der Waals surface area contributed by atoms with Gasteiger partial charge in [0.1, 0.15) is 11.3 Å². The molecule has 0 aliphatic carbocycles. The fraction of sp³-hybridized carbons (Fsp3) is 0.571. The summed E-state index contributed by atoms with van der Waals surface area (Å²) < 4.78 is 2.26. The quantitative estimate of drug-likeness (QED) is 0.851. The SMILES string of the molecule is CCCn1c(C(C)CNCC)nc2cccnc21. The van der Waals surface area contributed by atoms with E-state index >= 15 is 0 Å². The van der Waals surface area contributed by atoms with Crippen LogP contribution in [-0.2, 0) is 6.54 Å². The van der Waals surface area contributed by atoms with Crippen LogP contribution in [0.3, 0.4) is 0 Å². The molecule has 0 spiro atoms. The summed E-state index contributed by atoms with van der Waals surface area (Å²) in [5.41, 5.74) is 2.02. The lowest BCUT2D eigenvalue weighted by Crippen LogP contribution is -2.22. The molecule has 0 bridgehead atoms. The number of nitrogens with one attached hydrogen (secondary N) is 1. The predicted octanol–water partition coefficient (Wildman–Crippen LogP) is 2.55. The van der Waals surface area contributed by atoms with E-state index in [0.717, 1.165) is 43.0 Å². The molecule has 0 radical (unpaired) electrons. The molecule has 0 aromatic carbocycles. The van der Waals surface area contributed by atoms with Crippen molar-refractivity contribution < 1.29 is 0 Å². The van der Waals surface area contributed by atoms with Crippen LogP contribution in [0, 0.1) is 0 Å². The number of fused-ring (bicyclic) bond motifs is 1. The van der Waals surface area contributed by atoms with Crippen molar-refractivity contribution in [2.75, 3.05) is 13.1 Å². The van der Waals surface area contributed by atoms with Gasteiger partial charge in [-0.3, -0.25) is 0 Å². The summed E-state index contributed by atoms with van der Waals surface area (Å²) in [4.78, 5) is 9.21. The van der Waals surface area contributed by atoms with Crippen LogP contribution in [0.2, 0.25) is 0 Å². The van der Waals surface area contributed by atoms with Gasteiger partial charge in [-0.2, -0.15) is 0 Å². The van der Waals surface area contributed by atoms with Crippen molar-refractivity contribution in [3.05, 3.63) is 24.2 Å². The zero-order valence-electron chi connectivity index (χ0n) is 11.5. The minimum absolute atomic E-state index is 0.408. The van der Waals surface area contributed by atoms with Crippen molar-refractivity contribution in [3.8, 4) is 0 Å². The highest BCUT2D eigenvalue weighted by molar-refractivity contribution is 5.71. The maximum absolute atomic E-state index is 4.74. The fourth-order valence-electron chi connectivity index (χ4n) is 2.25. The van der Waals surface area contributed by atoms with E-state index < -0.39 is 0 Å². The number of rotatable bonds is 6. The van der Waals surface area contributed by atoms with Gasteiger partial charge in [-0.15, -0.1) is 0 Å². The van der Waals surface area contributed by atoms with Gasteiger partial charge in [-0.05, 0) is 25.1 Å². The number of imidazole rings is 1. The first kappa shape index (κ1) is 13.0. The number of nitrogens with zero attached hydrogens (tertiary/aromatic N) is 3. The monoisotopic (exact) mass is 246 g/mol. The van der Waals surface area contributed by atoms with Gasteiger partial charge in [0.2, 0.25) is 0 Å². The predicted molar refractivity (Wildman–Crippen MR) is 74.8 cm³/mol. The third-order valence-electron chi connectivity index (χ3n) is 3.12. The van der Waals surface area contributed by atoms with Gasteiger partial charge >= 0.3 is 0 Å². The smallest absolute Gasteiger partial charge is 0.159 e. The number of hydrogen-bond acceptors (Lipinski definition) is 3. The summed E-state index contributed by atoms with van der Waals surface area (Å²) in [6.45, 7) is 9.48. The van der Waals surface area contributed by atoms with Gasteiger partial charge in [0.15, 0.2) is 5.65 Å². The standard InChI is InChI=1S/C14H22N4/c1-4-9-18-13(11(3)10-15-5-2)17-12-7-6-8-16-14(12)18/h6-8,11,15H,4-5,9-10H2,1-3H3. The molecule has 2 aromatic heterocycles. The van der Waals surface area contributed by atoms with Gasteiger partial charge in [-0.25, -0.2) is 9.97 Å². The molecule has 98 valence electrons. The number of hydrogen-bond donors (Lipinski definition) is 1. The van der Waals surface area contributed by atoms with Gasteiger partial charge in [0.25, 0.3) is 0 Å². The van der Waals surface area contributed by atoms with Gasteiger partial charge < -0.3 is 9.88 Å². The Morgan fingerprint density at radius 1 is 1.39 bits per heavy atom. The van der Waals surface area contributed by atoms with Crippen LogP contribution in [0.5, 0.6) is 0 Å². The molecule has 0 amide bonds. The van der Waals surface area contributed by atoms with E-state index in [2.05, 4.69) is 35.6 Å². The van der Waals surface area contributed by atoms with Crippen LogP contribution in [0.25, 0.3) is 11.2 Å².